The molecule has 0 bridgehead atoms. The standard InChI is InChI=1S/C11H11Br2F2NO2/c1-2-18-8(17)3-6-5-16-10(11(14)15)9(13)7(6)4-12/h5,11H,2-4H2,1H3. The molecule has 0 amide bonds. The second-order valence-electron chi connectivity index (χ2n) is 3.38. The molecule has 0 radical (unpaired) electrons. The van der Waals surface area contributed by atoms with E-state index in [0.717, 1.165) is 0 Å². The molecule has 7 heteroatoms. The Morgan fingerprint density at radius 2 is 2.22 bits per heavy atom. The van der Waals surface area contributed by atoms with Gasteiger partial charge in [0.25, 0.3) is 6.43 Å². The summed E-state index contributed by atoms with van der Waals surface area (Å²) in [5.41, 5.74) is 0.840. The number of hydrogen-bond acceptors (Lipinski definition) is 3. The first kappa shape index (κ1) is 15.5. The zero-order valence-corrected chi connectivity index (χ0v) is 12.7. The smallest absolute Gasteiger partial charge is 0.310 e. The van der Waals surface area contributed by atoms with Crippen molar-refractivity contribution in [2.24, 2.45) is 0 Å². The van der Waals surface area contributed by atoms with E-state index in [1.807, 2.05) is 0 Å². The molecule has 0 unspecified atom stereocenters. The highest BCUT2D eigenvalue weighted by Gasteiger charge is 2.19. The number of aromatic nitrogens is 1. The molecule has 0 aliphatic rings. The Balaban J connectivity index is 3.07. The van der Waals surface area contributed by atoms with Crippen LogP contribution in [-0.4, -0.2) is 17.6 Å². The average Bonchev–Trinajstić information content (AvgIpc) is 2.29. The predicted molar refractivity (Wildman–Crippen MR) is 69.9 cm³/mol. The number of hydrogen-bond donors (Lipinski definition) is 0. The number of esters is 1. The molecule has 0 saturated carbocycles. The second-order valence-corrected chi connectivity index (χ2v) is 4.73. The van der Waals surface area contributed by atoms with Gasteiger partial charge in [-0.2, -0.15) is 0 Å². The first-order valence-electron chi connectivity index (χ1n) is 5.17. The molecule has 0 aromatic carbocycles. The normalized spacial score (nSPS) is 10.8. The molecular formula is C11H11Br2F2NO2. The van der Waals surface area contributed by atoms with Crippen molar-refractivity contribution in [2.45, 2.75) is 25.1 Å². The third-order valence-electron chi connectivity index (χ3n) is 2.22. The van der Waals surface area contributed by atoms with Gasteiger partial charge in [0.05, 0.1) is 13.0 Å². The van der Waals surface area contributed by atoms with E-state index in [0.29, 0.717) is 16.5 Å². The number of alkyl halides is 3. The fraction of sp³-hybridized carbons (Fsp3) is 0.455. The minimum atomic E-state index is -2.66. The Hall–Kier alpha value is -0.560. The molecule has 1 aromatic rings. The fourth-order valence-corrected chi connectivity index (χ4v) is 3.08. The number of halogens is 4. The Kier molecular flexibility index (Phi) is 6.14. The molecule has 0 atom stereocenters. The van der Waals surface area contributed by atoms with Crippen LogP contribution in [0, 0.1) is 0 Å². The van der Waals surface area contributed by atoms with E-state index in [9.17, 15) is 13.6 Å². The van der Waals surface area contributed by atoms with E-state index in [2.05, 4.69) is 36.8 Å². The summed E-state index contributed by atoms with van der Waals surface area (Å²) in [7, 11) is 0. The van der Waals surface area contributed by atoms with Crippen molar-refractivity contribution >= 4 is 37.8 Å². The average molecular weight is 387 g/mol. The van der Waals surface area contributed by atoms with Crippen LogP contribution in [0.4, 0.5) is 8.78 Å². The lowest BCUT2D eigenvalue weighted by atomic mass is 10.1. The number of rotatable bonds is 5. The Morgan fingerprint density at radius 1 is 1.56 bits per heavy atom. The van der Waals surface area contributed by atoms with Crippen LogP contribution >= 0.6 is 31.9 Å². The third-order valence-corrected chi connectivity index (χ3v) is 3.66. The molecule has 1 rings (SSSR count). The molecule has 1 heterocycles. The monoisotopic (exact) mass is 385 g/mol. The number of pyridine rings is 1. The van der Waals surface area contributed by atoms with Crippen molar-refractivity contribution in [1.29, 1.82) is 0 Å². The van der Waals surface area contributed by atoms with Crippen LogP contribution in [0.15, 0.2) is 10.7 Å². The number of ether oxygens (including phenoxy) is 1. The zero-order chi connectivity index (χ0) is 13.7. The number of nitrogens with zero attached hydrogens (tertiary/aromatic N) is 1. The predicted octanol–water partition coefficient (Wildman–Crippen LogP) is 3.78. The summed E-state index contributed by atoms with van der Waals surface area (Å²) in [4.78, 5) is 15.1. The Labute approximate surface area is 120 Å². The highest BCUT2D eigenvalue weighted by molar-refractivity contribution is 9.10. The highest BCUT2D eigenvalue weighted by Crippen LogP contribution is 2.31. The quantitative estimate of drug-likeness (QED) is 0.571. The maximum Gasteiger partial charge on any atom is 0.310 e. The van der Waals surface area contributed by atoms with Crippen LogP contribution in [0.25, 0.3) is 0 Å². The maximum absolute atomic E-state index is 12.7. The molecule has 0 aliphatic heterocycles. The van der Waals surface area contributed by atoms with Crippen LogP contribution in [0.2, 0.25) is 0 Å². The summed E-state index contributed by atoms with van der Waals surface area (Å²) in [5.74, 6) is -0.404. The molecule has 100 valence electrons. The van der Waals surface area contributed by atoms with Gasteiger partial charge in [0.2, 0.25) is 0 Å². The summed E-state index contributed by atoms with van der Waals surface area (Å²) in [6.07, 6.45) is -1.35. The van der Waals surface area contributed by atoms with Gasteiger partial charge in [0.1, 0.15) is 5.69 Å². The Bertz CT molecular complexity index is 441. The minimum absolute atomic E-state index is 0.0177. The van der Waals surface area contributed by atoms with Crippen molar-refractivity contribution in [1.82, 2.24) is 4.98 Å². The van der Waals surface area contributed by atoms with Gasteiger partial charge in [-0.05, 0) is 34.0 Å². The van der Waals surface area contributed by atoms with Gasteiger partial charge in [-0.15, -0.1) is 0 Å². The summed E-state index contributed by atoms with van der Waals surface area (Å²) in [6.45, 7) is 1.99. The summed E-state index contributed by atoms with van der Waals surface area (Å²) in [5, 5.41) is 0.352. The summed E-state index contributed by atoms with van der Waals surface area (Å²) in [6, 6.07) is 0. The van der Waals surface area contributed by atoms with Crippen molar-refractivity contribution in [3.8, 4) is 0 Å². The van der Waals surface area contributed by atoms with E-state index in [1.54, 1.807) is 6.92 Å². The second kappa shape index (κ2) is 7.13. The van der Waals surface area contributed by atoms with Crippen LogP contribution in [-0.2, 0) is 21.3 Å². The SMILES string of the molecule is CCOC(=O)Cc1cnc(C(F)F)c(Br)c1CBr. The van der Waals surface area contributed by atoms with Gasteiger partial charge in [-0.1, -0.05) is 15.9 Å². The first-order chi connectivity index (χ1) is 8.51. The molecule has 1 aromatic heterocycles. The summed E-state index contributed by atoms with van der Waals surface area (Å²) < 4.78 is 30.4. The van der Waals surface area contributed by atoms with Gasteiger partial charge < -0.3 is 4.74 Å². The molecule has 0 spiro atoms. The van der Waals surface area contributed by atoms with Gasteiger partial charge in [-0.25, -0.2) is 8.78 Å². The lowest BCUT2D eigenvalue weighted by Gasteiger charge is -2.12. The van der Waals surface area contributed by atoms with Gasteiger partial charge in [-0.3, -0.25) is 9.78 Å². The molecule has 0 fully saturated rings. The Morgan fingerprint density at radius 3 is 2.72 bits per heavy atom. The topological polar surface area (TPSA) is 39.2 Å². The number of carbonyl (C=O) groups excluding carboxylic acids is 1. The van der Waals surface area contributed by atoms with E-state index in [4.69, 9.17) is 4.74 Å². The van der Waals surface area contributed by atoms with Crippen molar-refractivity contribution < 1.29 is 18.3 Å². The lowest BCUT2D eigenvalue weighted by Crippen LogP contribution is -2.10. The van der Waals surface area contributed by atoms with Crippen LogP contribution in [0.1, 0.15) is 30.2 Å². The van der Waals surface area contributed by atoms with Gasteiger partial charge >= 0.3 is 5.97 Å². The molecule has 0 N–H and O–H groups in total. The van der Waals surface area contributed by atoms with Crippen LogP contribution in [0.3, 0.4) is 0 Å². The molecule has 3 nitrogen and oxygen atoms in total. The highest BCUT2D eigenvalue weighted by atomic mass is 79.9. The van der Waals surface area contributed by atoms with E-state index >= 15 is 0 Å². The fourth-order valence-electron chi connectivity index (χ4n) is 1.39. The van der Waals surface area contributed by atoms with Crippen molar-refractivity contribution in [2.75, 3.05) is 6.61 Å². The van der Waals surface area contributed by atoms with E-state index in [1.165, 1.54) is 6.20 Å². The van der Waals surface area contributed by atoms with Gasteiger partial charge in [0, 0.05) is 16.0 Å². The maximum atomic E-state index is 12.7. The number of carbonyl (C=O) groups is 1. The van der Waals surface area contributed by atoms with Crippen LogP contribution in [0.5, 0.6) is 0 Å². The van der Waals surface area contributed by atoms with E-state index < -0.39 is 12.4 Å². The molecule has 18 heavy (non-hydrogen) atoms. The minimum Gasteiger partial charge on any atom is -0.466 e. The largest absolute Gasteiger partial charge is 0.466 e. The van der Waals surface area contributed by atoms with Crippen molar-refractivity contribution in [3.05, 3.63) is 27.5 Å². The van der Waals surface area contributed by atoms with E-state index in [-0.39, 0.29) is 23.2 Å². The van der Waals surface area contributed by atoms with Crippen molar-refractivity contribution in [3.63, 3.8) is 0 Å². The molecule has 0 aliphatic carbocycles. The lowest BCUT2D eigenvalue weighted by molar-refractivity contribution is -0.142. The summed E-state index contributed by atoms with van der Waals surface area (Å²) >= 11 is 6.31. The third kappa shape index (κ3) is 3.71. The zero-order valence-electron chi connectivity index (χ0n) is 9.55. The first-order valence-corrected chi connectivity index (χ1v) is 7.08. The molecular weight excluding hydrogens is 376 g/mol. The van der Waals surface area contributed by atoms with Crippen LogP contribution < -0.4 is 0 Å². The molecule has 0 saturated heterocycles. The van der Waals surface area contributed by atoms with Gasteiger partial charge in [0.15, 0.2) is 0 Å².